The third-order valence-electron chi connectivity index (χ3n) is 2.37. The molecule has 1 rings (SSSR count). The van der Waals surface area contributed by atoms with Gasteiger partial charge in [-0.25, -0.2) is 4.79 Å². The zero-order chi connectivity index (χ0) is 13.7. The van der Waals surface area contributed by atoms with Gasteiger partial charge in [-0.15, -0.1) is 0 Å². The van der Waals surface area contributed by atoms with Crippen LogP contribution in [0.4, 0.5) is 0 Å². The predicted octanol–water partition coefficient (Wildman–Crippen LogP) is 1.04. The topological polar surface area (TPSA) is 110 Å². The molecule has 6 nitrogen and oxygen atoms in total. The van der Waals surface area contributed by atoms with Crippen LogP contribution in [0.5, 0.6) is 5.75 Å². The summed E-state index contributed by atoms with van der Waals surface area (Å²) in [5, 5.41) is 18.2. The van der Waals surface area contributed by atoms with Crippen molar-refractivity contribution in [3.8, 4) is 5.75 Å². The number of hydrogen-bond acceptors (Lipinski definition) is 5. The third kappa shape index (κ3) is 3.46. The van der Waals surface area contributed by atoms with Gasteiger partial charge in [-0.05, 0) is 24.6 Å². The van der Waals surface area contributed by atoms with E-state index in [4.69, 9.17) is 15.6 Å². The van der Waals surface area contributed by atoms with E-state index in [2.05, 4.69) is 0 Å². The minimum Gasteiger partial charge on any atom is -0.507 e. The normalized spacial score (nSPS) is 11.9. The van der Waals surface area contributed by atoms with Crippen molar-refractivity contribution in [2.24, 2.45) is 5.73 Å². The Morgan fingerprint density at radius 2 is 2.11 bits per heavy atom. The lowest BCUT2D eigenvalue weighted by Gasteiger charge is -2.12. The van der Waals surface area contributed by atoms with Crippen molar-refractivity contribution in [1.82, 2.24) is 0 Å². The van der Waals surface area contributed by atoms with Gasteiger partial charge in [0, 0.05) is 6.04 Å². The molecule has 1 atom stereocenters. The van der Waals surface area contributed by atoms with Crippen LogP contribution in [0.2, 0.25) is 0 Å². The summed E-state index contributed by atoms with van der Waals surface area (Å²) in [5.74, 6) is -2.04. The molecule has 0 saturated carbocycles. The molecule has 1 aromatic rings. The number of esters is 1. The fourth-order valence-corrected chi connectivity index (χ4v) is 1.47. The molecule has 0 aromatic heterocycles. The van der Waals surface area contributed by atoms with Gasteiger partial charge in [-0.2, -0.15) is 0 Å². The van der Waals surface area contributed by atoms with E-state index in [1.165, 1.54) is 18.2 Å². The summed E-state index contributed by atoms with van der Waals surface area (Å²) in [5.41, 5.74) is 5.98. The van der Waals surface area contributed by atoms with E-state index in [0.29, 0.717) is 5.56 Å². The highest BCUT2D eigenvalue weighted by Crippen LogP contribution is 2.23. The van der Waals surface area contributed by atoms with Gasteiger partial charge < -0.3 is 20.7 Å². The molecule has 0 bridgehead atoms. The number of aromatic hydroxyl groups is 1. The van der Waals surface area contributed by atoms with Gasteiger partial charge in [0.25, 0.3) is 0 Å². The third-order valence-corrected chi connectivity index (χ3v) is 2.37. The van der Waals surface area contributed by atoms with Gasteiger partial charge in [0.1, 0.15) is 11.3 Å². The molecule has 0 aliphatic rings. The summed E-state index contributed by atoms with van der Waals surface area (Å²) >= 11 is 0. The van der Waals surface area contributed by atoms with Crippen LogP contribution in [-0.4, -0.2) is 28.8 Å². The molecule has 0 saturated heterocycles. The highest BCUT2D eigenvalue weighted by Gasteiger charge is 2.16. The van der Waals surface area contributed by atoms with Crippen molar-refractivity contribution < 1.29 is 24.5 Å². The van der Waals surface area contributed by atoms with E-state index in [1.807, 2.05) is 0 Å². The number of hydrogen-bond donors (Lipinski definition) is 3. The Morgan fingerprint density at radius 3 is 2.67 bits per heavy atom. The first kappa shape index (κ1) is 14.0. The number of phenols is 1. The number of aromatic carboxylic acids is 1. The maximum absolute atomic E-state index is 11.2. The largest absolute Gasteiger partial charge is 0.507 e. The highest BCUT2D eigenvalue weighted by molar-refractivity contribution is 5.91. The Morgan fingerprint density at radius 1 is 1.44 bits per heavy atom. The minimum absolute atomic E-state index is 0.0440. The minimum atomic E-state index is -1.25. The molecule has 0 fully saturated rings. The second-order valence-corrected chi connectivity index (χ2v) is 3.70. The first-order valence-electron chi connectivity index (χ1n) is 5.43. The molecule has 6 heteroatoms. The first-order valence-corrected chi connectivity index (χ1v) is 5.43. The zero-order valence-electron chi connectivity index (χ0n) is 9.92. The van der Waals surface area contributed by atoms with Crippen LogP contribution in [0.1, 0.15) is 35.3 Å². The maximum Gasteiger partial charge on any atom is 0.339 e. The second kappa shape index (κ2) is 6.02. The fraction of sp³-hybridized carbons (Fsp3) is 0.333. The SMILES string of the molecule is CCOC(=O)C[C@@H](N)c1ccc(O)c(C(=O)O)c1. The lowest BCUT2D eigenvalue weighted by atomic mass is 10.0. The molecular formula is C12H15NO5. The molecule has 0 aliphatic heterocycles. The Bertz CT molecular complexity index is 458. The van der Waals surface area contributed by atoms with E-state index >= 15 is 0 Å². The average Bonchev–Trinajstić information content (AvgIpc) is 2.29. The summed E-state index contributed by atoms with van der Waals surface area (Å²) in [7, 11) is 0. The lowest BCUT2D eigenvalue weighted by molar-refractivity contribution is -0.143. The highest BCUT2D eigenvalue weighted by atomic mass is 16.5. The summed E-state index contributed by atoms with van der Waals surface area (Å²) < 4.78 is 4.75. The van der Waals surface area contributed by atoms with Crippen molar-refractivity contribution in [2.45, 2.75) is 19.4 Å². The number of carboxylic acid groups (broad SMARTS) is 1. The number of carbonyl (C=O) groups excluding carboxylic acids is 1. The standard InChI is InChI=1S/C12H15NO5/c1-2-18-11(15)6-9(13)7-3-4-10(14)8(5-7)12(16)17/h3-5,9,14H,2,6,13H2,1H3,(H,16,17)/t9-/m1/s1. The van der Waals surface area contributed by atoms with Gasteiger partial charge in [0.05, 0.1) is 13.0 Å². The van der Waals surface area contributed by atoms with E-state index < -0.39 is 18.0 Å². The molecular weight excluding hydrogens is 238 g/mol. The van der Waals surface area contributed by atoms with Crippen molar-refractivity contribution in [3.63, 3.8) is 0 Å². The van der Waals surface area contributed by atoms with Gasteiger partial charge in [-0.1, -0.05) is 6.07 Å². The van der Waals surface area contributed by atoms with E-state index in [9.17, 15) is 14.7 Å². The summed E-state index contributed by atoms with van der Waals surface area (Å²) in [4.78, 5) is 22.1. The van der Waals surface area contributed by atoms with Gasteiger partial charge >= 0.3 is 11.9 Å². The van der Waals surface area contributed by atoms with E-state index in [1.54, 1.807) is 6.92 Å². The Hall–Kier alpha value is -2.08. The van der Waals surface area contributed by atoms with Gasteiger partial charge in [0.2, 0.25) is 0 Å². The van der Waals surface area contributed by atoms with Crippen LogP contribution in [-0.2, 0) is 9.53 Å². The van der Waals surface area contributed by atoms with Crippen LogP contribution in [0.25, 0.3) is 0 Å². The molecule has 0 unspecified atom stereocenters. The molecule has 4 N–H and O–H groups in total. The number of nitrogens with two attached hydrogens (primary N) is 1. The second-order valence-electron chi connectivity index (χ2n) is 3.70. The van der Waals surface area contributed by atoms with Crippen LogP contribution in [0.15, 0.2) is 18.2 Å². The molecule has 0 spiro atoms. The number of benzene rings is 1. The van der Waals surface area contributed by atoms with Crippen molar-refractivity contribution in [3.05, 3.63) is 29.3 Å². The maximum atomic E-state index is 11.2. The van der Waals surface area contributed by atoms with Crippen molar-refractivity contribution in [2.75, 3.05) is 6.61 Å². The summed E-state index contributed by atoms with van der Waals surface area (Å²) in [6, 6.07) is 3.31. The number of rotatable bonds is 5. The Kier molecular flexibility index (Phi) is 4.67. The van der Waals surface area contributed by atoms with E-state index in [-0.39, 0.29) is 24.3 Å². The van der Waals surface area contributed by atoms with Crippen LogP contribution >= 0.6 is 0 Å². The van der Waals surface area contributed by atoms with E-state index in [0.717, 1.165) is 0 Å². The fourth-order valence-electron chi connectivity index (χ4n) is 1.47. The Labute approximate surface area is 104 Å². The van der Waals surface area contributed by atoms with Crippen LogP contribution in [0.3, 0.4) is 0 Å². The molecule has 18 heavy (non-hydrogen) atoms. The zero-order valence-corrected chi connectivity index (χ0v) is 9.92. The van der Waals surface area contributed by atoms with Crippen molar-refractivity contribution >= 4 is 11.9 Å². The summed E-state index contributed by atoms with van der Waals surface area (Å²) in [6.45, 7) is 1.95. The average molecular weight is 253 g/mol. The van der Waals surface area contributed by atoms with Crippen LogP contribution < -0.4 is 5.73 Å². The number of carboxylic acids is 1. The van der Waals surface area contributed by atoms with Gasteiger partial charge in [0.15, 0.2) is 0 Å². The molecule has 1 aromatic carbocycles. The van der Waals surface area contributed by atoms with Crippen molar-refractivity contribution in [1.29, 1.82) is 0 Å². The van der Waals surface area contributed by atoms with Gasteiger partial charge in [-0.3, -0.25) is 4.79 Å². The lowest BCUT2D eigenvalue weighted by Crippen LogP contribution is -2.17. The Balaban J connectivity index is 2.86. The molecule has 0 radical (unpaired) electrons. The number of carbonyl (C=O) groups is 2. The quantitative estimate of drug-likeness (QED) is 0.676. The summed E-state index contributed by atoms with van der Waals surface area (Å²) in [6.07, 6.45) is -0.0440. The number of ether oxygens (including phenoxy) is 1. The smallest absolute Gasteiger partial charge is 0.339 e. The monoisotopic (exact) mass is 253 g/mol. The molecule has 98 valence electrons. The predicted molar refractivity (Wildman–Crippen MR) is 63.2 cm³/mol. The molecule has 0 amide bonds. The van der Waals surface area contributed by atoms with Crippen LogP contribution in [0, 0.1) is 0 Å². The molecule has 0 heterocycles. The first-order chi connectivity index (χ1) is 8.45. The molecule has 0 aliphatic carbocycles.